The van der Waals surface area contributed by atoms with Gasteiger partial charge in [0.15, 0.2) is 6.61 Å². The van der Waals surface area contributed by atoms with Crippen LogP contribution >= 0.6 is 0 Å². The number of hydrogen-bond donors (Lipinski definition) is 2. The summed E-state index contributed by atoms with van der Waals surface area (Å²) in [5.41, 5.74) is -0.591. The summed E-state index contributed by atoms with van der Waals surface area (Å²) in [5, 5.41) is 3.33. The Balaban J connectivity index is 1.38. The normalized spacial score (nSPS) is 31.9. The monoisotopic (exact) mass is 389 g/mol. The second-order valence-corrected chi connectivity index (χ2v) is 8.95. The Morgan fingerprint density at radius 3 is 2.71 bits per heavy atom. The van der Waals surface area contributed by atoms with Crippen LogP contribution in [0.5, 0.6) is 11.8 Å². The van der Waals surface area contributed by atoms with E-state index in [2.05, 4.69) is 15.3 Å². The first kappa shape index (κ1) is 19.3. The molecule has 3 saturated carbocycles. The second-order valence-electron chi connectivity index (χ2n) is 8.95. The Morgan fingerprint density at radius 1 is 1.32 bits per heavy atom. The van der Waals surface area contributed by atoms with E-state index in [0.29, 0.717) is 11.8 Å². The van der Waals surface area contributed by atoms with Crippen molar-refractivity contribution >= 4 is 5.91 Å². The Morgan fingerprint density at radius 2 is 2.04 bits per heavy atom. The summed E-state index contributed by atoms with van der Waals surface area (Å²) >= 11 is 0. The predicted molar refractivity (Wildman–Crippen MR) is 104 cm³/mol. The van der Waals surface area contributed by atoms with Crippen LogP contribution in [0, 0.1) is 17.8 Å². The Labute approximate surface area is 165 Å². The summed E-state index contributed by atoms with van der Waals surface area (Å²) in [7, 11) is 0. The number of aromatic amines is 1. The van der Waals surface area contributed by atoms with Gasteiger partial charge in [-0.2, -0.15) is 4.98 Å². The molecule has 1 heterocycles. The van der Waals surface area contributed by atoms with Gasteiger partial charge in [-0.15, -0.1) is 0 Å². The molecule has 3 aliphatic rings. The van der Waals surface area contributed by atoms with Crippen LogP contribution in [0.25, 0.3) is 0 Å². The predicted octanol–water partition coefficient (Wildman–Crippen LogP) is 2.80. The van der Waals surface area contributed by atoms with Crippen molar-refractivity contribution < 1.29 is 14.3 Å². The fraction of sp³-hybridized carbons (Fsp3) is 0.762. The molecule has 1 aromatic rings. The zero-order chi connectivity index (χ0) is 19.7. The lowest BCUT2D eigenvalue weighted by molar-refractivity contribution is -0.129. The molecule has 0 aromatic carbocycles. The Bertz CT molecular complexity index is 761. The maximum Gasteiger partial charge on any atom is 0.351 e. The lowest BCUT2D eigenvalue weighted by Crippen LogP contribution is -2.62. The number of carbonyl (C=O) groups excluding carboxylic acids is 1. The third kappa shape index (κ3) is 4.03. The summed E-state index contributed by atoms with van der Waals surface area (Å²) in [4.78, 5) is 30.7. The van der Waals surface area contributed by atoms with Gasteiger partial charge in [0.2, 0.25) is 11.8 Å². The van der Waals surface area contributed by atoms with Crippen molar-refractivity contribution in [1.29, 1.82) is 0 Å². The molecule has 3 bridgehead atoms. The molecule has 0 spiro atoms. The first-order chi connectivity index (χ1) is 13.5. The van der Waals surface area contributed by atoms with Gasteiger partial charge >= 0.3 is 5.69 Å². The smallest absolute Gasteiger partial charge is 0.351 e. The Kier molecular flexibility index (Phi) is 5.34. The van der Waals surface area contributed by atoms with Crippen molar-refractivity contribution in [3.63, 3.8) is 0 Å². The van der Waals surface area contributed by atoms with E-state index in [4.69, 9.17) is 9.47 Å². The van der Waals surface area contributed by atoms with E-state index in [9.17, 15) is 9.59 Å². The molecule has 4 rings (SSSR count). The van der Waals surface area contributed by atoms with Crippen molar-refractivity contribution in [2.75, 3.05) is 6.61 Å². The molecule has 3 fully saturated rings. The van der Waals surface area contributed by atoms with E-state index in [1.807, 2.05) is 13.8 Å². The van der Waals surface area contributed by atoms with E-state index in [1.54, 1.807) is 0 Å². The number of fused-ring (bicyclic) bond motifs is 2. The van der Waals surface area contributed by atoms with Gasteiger partial charge in [-0.1, -0.05) is 6.92 Å². The van der Waals surface area contributed by atoms with Gasteiger partial charge in [-0.25, -0.2) is 4.79 Å². The van der Waals surface area contributed by atoms with Gasteiger partial charge in [0.1, 0.15) is 0 Å². The largest absolute Gasteiger partial charge is 0.476 e. The molecule has 0 radical (unpaired) electrons. The first-order valence-corrected chi connectivity index (χ1v) is 10.7. The van der Waals surface area contributed by atoms with Crippen LogP contribution in [0.1, 0.15) is 65.2 Å². The van der Waals surface area contributed by atoms with Crippen molar-refractivity contribution in [1.82, 2.24) is 15.3 Å². The number of nitrogens with zero attached hydrogens (tertiary/aromatic N) is 1. The maximum absolute atomic E-state index is 12.7. The third-order valence-electron chi connectivity index (χ3n) is 6.94. The van der Waals surface area contributed by atoms with Gasteiger partial charge < -0.3 is 14.8 Å². The number of nitrogens with one attached hydrogen (secondary N) is 2. The van der Waals surface area contributed by atoms with E-state index < -0.39 is 5.69 Å². The molecule has 1 aromatic heterocycles. The molecule has 0 aliphatic heterocycles. The molecule has 28 heavy (non-hydrogen) atoms. The quantitative estimate of drug-likeness (QED) is 0.748. The standard InChI is InChI=1S/C21H31N3O4/c1-3-13(2)28-19-9-18(22-20(26)23-19)27-12-17(25)24-21-10-14-4-6-16(21)7-5-15(8-14)11-21/h9,13-16H,3-8,10-12H2,1-2H3,(H,24,25)(H,22,23,26). The molecule has 1 amide bonds. The highest BCUT2D eigenvalue weighted by atomic mass is 16.5. The molecule has 0 saturated heterocycles. The van der Waals surface area contributed by atoms with Gasteiger partial charge in [-0.3, -0.25) is 9.78 Å². The minimum Gasteiger partial charge on any atom is -0.476 e. The number of hydrogen-bond acceptors (Lipinski definition) is 5. The second kappa shape index (κ2) is 7.76. The van der Waals surface area contributed by atoms with E-state index >= 15 is 0 Å². The fourth-order valence-electron chi connectivity index (χ4n) is 5.60. The highest BCUT2D eigenvalue weighted by Gasteiger charge is 2.52. The molecular weight excluding hydrogens is 358 g/mol. The third-order valence-corrected chi connectivity index (χ3v) is 6.94. The van der Waals surface area contributed by atoms with Crippen LogP contribution in [0.3, 0.4) is 0 Å². The number of H-pyrrole nitrogens is 1. The number of carbonyl (C=O) groups is 1. The van der Waals surface area contributed by atoms with Crippen LogP contribution < -0.4 is 20.5 Å². The lowest BCUT2D eigenvalue weighted by Gasteiger charge is -2.57. The van der Waals surface area contributed by atoms with Crippen LogP contribution in [0.2, 0.25) is 0 Å². The molecule has 3 atom stereocenters. The molecule has 3 aliphatic carbocycles. The molecule has 154 valence electrons. The summed E-state index contributed by atoms with van der Waals surface area (Å²) in [6.45, 7) is 3.78. The minimum absolute atomic E-state index is 0.0331. The Hall–Kier alpha value is -2.05. The number of ether oxygens (including phenoxy) is 2. The van der Waals surface area contributed by atoms with Crippen LogP contribution in [-0.4, -0.2) is 34.1 Å². The summed E-state index contributed by atoms with van der Waals surface area (Å²) in [6.07, 6.45) is 9.40. The molecule has 2 N–H and O–H groups in total. The van der Waals surface area contributed by atoms with E-state index in [0.717, 1.165) is 31.1 Å². The molecule has 7 heteroatoms. The van der Waals surface area contributed by atoms with Crippen molar-refractivity contribution in [3.05, 3.63) is 16.6 Å². The lowest BCUT2D eigenvalue weighted by atomic mass is 9.53. The van der Waals surface area contributed by atoms with Crippen molar-refractivity contribution in [2.24, 2.45) is 17.8 Å². The summed E-state index contributed by atoms with van der Waals surface area (Å²) < 4.78 is 11.2. The highest BCUT2D eigenvalue weighted by molar-refractivity contribution is 5.78. The van der Waals surface area contributed by atoms with Crippen molar-refractivity contribution in [3.8, 4) is 11.8 Å². The van der Waals surface area contributed by atoms with Crippen molar-refractivity contribution in [2.45, 2.75) is 76.9 Å². The summed E-state index contributed by atoms with van der Waals surface area (Å²) in [5.74, 6) is 2.40. The van der Waals surface area contributed by atoms with Crippen LogP contribution in [-0.2, 0) is 4.79 Å². The molecular formula is C21H31N3O4. The average molecular weight is 389 g/mol. The zero-order valence-electron chi connectivity index (χ0n) is 16.8. The van der Waals surface area contributed by atoms with Crippen LogP contribution in [0.15, 0.2) is 10.9 Å². The zero-order valence-corrected chi connectivity index (χ0v) is 16.8. The van der Waals surface area contributed by atoms with Gasteiger partial charge in [0.05, 0.1) is 12.2 Å². The van der Waals surface area contributed by atoms with Gasteiger partial charge in [0, 0.05) is 5.54 Å². The SMILES string of the molecule is CCC(C)Oc1cc(OCC(=O)NC23CC4CCC2CCC(C4)C3)nc(=O)[nH]1. The first-order valence-electron chi connectivity index (χ1n) is 10.7. The number of amides is 1. The number of rotatable bonds is 7. The minimum atomic E-state index is -0.547. The topological polar surface area (TPSA) is 93.3 Å². The highest BCUT2D eigenvalue weighted by Crippen LogP contribution is 2.54. The maximum atomic E-state index is 12.7. The molecule has 7 nitrogen and oxygen atoms in total. The van der Waals surface area contributed by atoms with Gasteiger partial charge in [-0.05, 0) is 76.0 Å². The van der Waals surface area contributed by atoms with E-state index in [-0.39, 0.29) is 30.0 Å². The molecule has 3 unspecified atom stereocenters. The van der Waals surface area contributed by atoms with Crippen LogP contribution in [0.4, 0.5) is 0 Å². The fourth-order valence-corrected chi connectivity index (χ4v) is 5.60. The van der Waals surface area contributed by atoms with Gasteiger partial charge in [0.25, 0.3) is 5.91 Å². The van der Waals surface area contributed by atoms with E-state index in [1.165, 1.54) is 38.2 Å². The average Bonchev–Trinajstić information content (AvgIpc) is 2.64. The summed E-state index contributed by atoms with van der Waals surface area (Å²) in [6, 6.07) is 1.53. The number of aromatic nitrogens is 2.